The zero-order valence-corrected chi connectivity index (χ0v) is 11.6. The Kier molecular flexibility index (Phi) is 3.01. The van der Waals surface area contributed by atoms with Crippen molar-refractivity contribution >= 4 is 5.97 Å². The number of carboxylic acid groups (broad SMARTS) is 1. The predicted octanol–water partition coefficient (Wildman–Crippen LogP) is 2.87. The standard InChI is InChI=1S/C16H16N2O2/c1-9-14(16(19)20)10(2)18-15(17-9)13-8-7-11-5-3-4-6-12(11)13/h3-6,13H,7-8H2,1-2H3,(H,19,20). The maximum Gasteiger partial charge on any atom is 0.339 e. The first kappa shape index (κ1) is 12.8. The Labute approximate surface area is 117 Å². The van der Waals surface area contributed by atoms with Crippen LogP contribution < -0.4 is 0 Å². The third-order valence-corrected chi connectivity index (χ3v) is 3.95. The molecule has 1 heterocycles. The number of carbonyl (C=O) groups is 1. The molecule has 0 radical (unpaired) electrons. The molecule has 4 nitrogen and oxygen atoms in total. The third-order valence-electron chi connectivity index (χ3n) is 3.95. The van der Waals surface area contributed by atoms with Crippen molar-refractivity contribution < 1.29 is 9.90 Å². The lowest BCUT2D eigenvalue weighted by Gasteiger charge is -2.13. The SMILES string of the molecule is Cc1nc(C2CCc3ccccc32)nc(C)c1C(=O)O. The largest absolute Gasteiger partial charge is 0.478 e. The van der Waals surface area contributed by atoms with Gasteiger partial charge in [0.25, 0.3) is 0 Å². The van der Waals surface area contributed by atoms with Gasteiger partial charge in [0.2, 0.25) is 0 Å². The van der Waals surface area contributed by atoms with Crippen molar-refractivity contribution in [1.29, 1.82) is 0 Å². The summed E-state index contributed by atoms with van der Waals surface area (Å²) < 4.78 is 0. The molecule has 2 aromatic rings. The van der Waals surface area contributed by atoms with Crippen LogP contribution in [0.2, 0.25) is 0 Å². The lowest BCUT2D eigenvalue weighted by molar-refractivity contribution is 0.0694. The summed E-state index contributed by atoms with van der Waals surface area (Å²) in [5, 5.41) is 9.18. The van der Waals surface area contributed by atoms with Gasteiger partial charge in [-0.05, 0) is 37.8 Å². The van der Waals surface area contributed by atoms with Gasteiger partial charge in [-0.25, -0.2) is 14.8 Å². The summed E-state index contributed by atoms with van der Waals surface area (Å²) in [6.45, 7) is 3.48. The molecule has 1 aliphatic carbocycles. The van der Waals surface area contributed by atoms with Crippen LogP contribution in [0.3, 0.4) is 0 Å². The first-order valence-electron chi connectivity index (χ1n) is 6.74. The van der Waals surface area contributed by atoms with Crippen molar-refractivity contribution in [3.8, 4) is 0 Å². The maximum atomic E-state index is 11.2. The molecular weight excluding hydrogens is 252 g/mol. The molecule has 0 amide bonds. The van der Waals surface area contributed by atoms with Gasteiger partial charge in [-0.3, -0.25) is 0 Å². The van der Waals surface area contributed by atoms with Gasteiger partial charge in [-0.1, -0.05) is 24.3 Å². The molecule has 4 heteroatoms. The summed E-state index contributed by atoms with van der Waals surface area (Å²) in [4.78, 5) is 20.1. The number of aryl methyl sites for hydroxylation is 3. The highest BCUT2D eigenvalue weighted by molar-refractivity contribution is 5.89. The summed E-state index contributed by atoms with van der Waals surface area (Å²) in [6, 6.07) is 8.33. The van der Waals surface area contributed by atoms with Crippen molar-refractivity contribution in [2.24, 2.45) is 0 Å². The fourth-order valence-corrected chi connectivity index (χ4v) is 3.03. The first-order chi connectivity index (χ1) is 9.58. The van der Waals surface area contributed by atoms with Crippen molar-refractivity contribution in [1.82, 2.24) is 9.97 Å². The van der Waals surface area contributed by atoms with Gasteiger partial charge >= 0.3 is 5.97 Å². The fourth-order valence-electron chi connectivity index (χ4n) is 3.03. The molecule has 1 aromatic heterocycles. The Morgan fingerprint density at radius 1 is 1.20 bits per heavy atom. The topological polar surface area (TPSA) is 63.1 Å². The predicted molar refractivity (Wildman–Crippen MR) is 75.1 cm³/mol. The van der Waals surface area contributed by atoms with Crippen LogP contribution >= 0.6 is 0 Å². The molecule has 0 spiro atoms. The summed E-state index contributed by atoms with van der Waals surface area (Å²) in [5.41, 5.74) is 3.93. The van der Waals surface area contributed by atoms with E-state index >= 15 is 0 Å². The molecule has 1 atom stereocenters. The average Bonchev–Trinajstić information content (AvgIpc) is 2.81. The van der Waals surface area contributed by atoms with Crippen LogP contribution in [0.1, 0.15) is 51.0 Å². The summed E-state index contributed by atoms with van der Waals surface area (Å²) in [6.07, 6.45) is 2.02. The van der Waals surface area contributed by atoms with E-state index in [-0.39, 0.29) is 11.5 Å². The molecule has 0 saturated carbocycles. The van der Waals surface area contributed by atoms with E-state index in [0.717, 1.165) is 18.7 Å². The second kappa shape index (κ2) is 4.71. The van der Waals surface area contributed by atoms with E-state index in [1.807, 2.05) is 12.1 Å². The Bertz CT molecular complexity index is 672. The van der Waals surface area contributed by atoms with Crippen LogP contribution in [0.15, 0.2) is 24.3 Å². The van der Waals surface area contributed by atoms with Gasteiger partial charge < -0.3 is 5.11 Å². The molecule has 1 aliphatic rings. The molecule has 1 N–H and O–H groups in total. The minimum atomic E-state index is -0.960. The van der Waals surface area contributed by atoms with Gasteiger partial charge in [0.05, 0.1) is 11.4 Å². The Balaban J connectivity index is 2.07. The minimum absolute atomic E-state index is 0.187. The van der Waals surface area contributed by atoms with Crippen LogP contribution in [-0.2, 0) is 6.42 Å². The molecule has 20 heavy (non-hydrogen) atoms. The fraction of sp³-hybridized carbons (Fsp3) is 0.312. The Morgan fingerprint density at radius 3 is 2.50 bits per heavy atom. The zero-order valence-electron chi connectivity index (χ0n) is 11.6. The summed E-state index contributed by atoms with van der Waals surface area (Å²) in [7, 11) is 0. The second-order valence-corrected chi connectivity index (χ2v) is 5.22. The van der Waals surface area contributed by atoms with Crippen molar-refractivity contribution in [3.63, 3.8) is 0 Å². The molecule has 3 rings (SSSR count). The monoisotopic (exact) mass is 268 g/mol. The normalized spacial score (nSPS) is 17.0. The molecule has 102 valence electrons. The molecule has 1 unspecified atom stereocenters. The van der Waals surface area contributed by atoms with E-state index in [1.54, 1.807) is 13.8 Å². The first-order valence-corrected chi connectivity index (χ1v) is 6.74. The number of aromatic nitrogens is 2. The van der Waals surface area contributed by atoms with E-state index < -0.39 is 5.97 Å². The molecule has 0 fully saturated rings. The van der Waals surface area contributed by atoms with E-state index in [0.29, 0.717) is 11.4 Å². The van der Waals surface area contributed by atoms with Gasteiger partial charge in [-0.15, -0.1) is 0 Å². The van der Waals surface area contributed by atoms with Crippen LogP contribution in [0.4, 0.5) is 0 Å². The highest BCUT2D eigenvalue weighted by atomic mass is 16.4. The lowest BCUT2D eigenvalue weighted by Crippen LogP contribution is -2.12. The van der Waals surface area contributed by atoms with E-state index in [4.69, 9.17) is 0 Å². The minimum Gasteiger partial charge on any atom is -0.478 e. The van der Waals surface area contributed by atoms with Crippen LogP contribution in [-0.4, -0.2) is 21.0 Å². The van der Waals surface area contributed by atoms with Crippen molar-refractivity contribution in [2.75, 3.05) is 0 Å². The Morgan fingerprint density at radius 2 is 1.85 bits per heavy atom. The number of carboxylic acids is 1. The maximum absolute atomic E-state index is 11.2. The molecular formula is C16H16N2O2. The number of fused-ring (bicyclic) bond motifs is 1. The van der Waals surface area contributed by atoms with Gasteiger partial charge in [-0.2, -0.15) is 0 Å². The molecule has 0 aliphatic heterocycles. The quantitative estimate of drug-likeness (QED) is 0.909. The highest BCUT2D eigenvalue weighted by Gasteiger charge is 2.27. The van der Waals surface area contributed by atoms with Gasteiger partial charge in [0.15, 0.2) is 0 Å². The van der Waals surface area contributed by atoms with Crippen LogP contribution in [0.25, 0.3) is 0 Å². The van der Waals surface area contributed by atoms with Crippen LogP contribution in [0.5, 0.6) is 0 Å². The summed E-state index contributed by atoms with van der Waals surface area (Å²) >= 11 is 0. The number of aromatic carboxylic acids is 1. The van der Waals surface area contributed by atoms with E-state index in [2.05, 4.69) is 22.1 Å². The van der Waals surface area contributed by atoms with Crippen molar-refractivity contribution in [2.45, 2.75) is 32.6 Å². The van der Waals surface area contributed by atoms with Crippen molar-refractivity contribution in [3.05, 3.63) is 58.2 Å². The second-order valence-electron chi connectivity index (χ2n) is 5.22. The molecule has 1 aromatic carbocycles. The number of nitrogens with zero attached hydrogens (tertiary/aromatic N) is 2. The van der Waals surface area contributed by atoms with E-state index in [9.17, 15) is 9.90 Å². The number of benzene rings is 1. The summed E-state index contributed by atoms with van der Waals surface area (Å²) in [5.74, 6) is -0.0280. The van der Waals surface area contributed by atoms with Gasteiger partial charge in [0.1, 0.15) is 11.4 Å². The highest BCUT2D eigenvalue weighted by Crippen LogP contribution is 2.36. The van der Waals surface area contributed by atoms with Gasteiger partial charge in [0, 0.05) is 5.92 Å². The number of hydrogen-bond acceptors (Lipinski definition) is 3. The molecule has 0 saturated heterocycles. The van der Waals surface area contributed by atoms with Crippen LogP contribution in [0, 0.1) is 13.8 Å². The lowest BCUT2D eigenvalue weighted by atomic mass is 10.00. The Hall–Kier alpha value is -2.23. The molecule has 0 bridgehead atoms. The third kappa shape index (κ3) is 1.97. The zero-order chi connectivity index (χ0) is 14.3. The number of rotatable bonds is 2. The number of hydrogen-bond donors (Lipinski definition) is 1. The average molecular weight is 268 g/mol. The van der Waals surface area contributed by atoms with E-state index in [1.165, 1.54) is 11.1 Å². The smallest absolute Gasteiger partial charge is 0.339 e.